The minimum absolute atomic E-state index is 0.157. The highest BCUT2D eigenvalue weighted by Gasteiger charge is 2.17. The van der Waals surface area contributed by atoms with Crippen molar-refractivity contribution in [2.24, 2.45) is 0 Å². The first kappa shape index (κ1) is 25.2. The van der Waals surface area contributed by atoms with Gasteiger partial charge in [-0.1, -0.05) is 47.6 Å². The second kappa shape index (κ2) is 12.1. The third-order valence-corrected chi connectivity index (χ3v) is 5.25. The third-order valence-electron chi connectivity index (χ3n) is 5.25. The molecule has 0 bridgehead atoms. The van der Waals surface area contributed by atoms with E-state index in [1.54, 1.807) is 0 Å². The maximum Gasteiger partial charge on any atom is 0.294 e. The number of hydrogen-bond acceptors (Lipinski definition) is 4. The lowest BCUT2D eigenvalue weighted by molar-refractivity contribution is 0.224. The van der Waals surface area contributed by atoms with Gasteiger partial charge in [-0.05, 0) is 71.2 Å². The first-order chi connectivity index (χ1) is 16.3. The summed E-state index contributed by atoms with van der Waals surface area (Å²) in [5.41, 5.74) is 3.97. The monoisotopic (exact) mass is 461 g/mol. The Morgan fingerprint density at radius 2 is 1.74 bits per heavy atom. The normalized spacial score (nSPS) is 11.5. The van der Waals surface area contributed by atoms with Crippen molar-refractivity contribution >= 4 is 10.9 Å². The molecule has 0 amide bonds. The van der Waals surface area contributed by atoms with Crippen molar-refractivity contribution in [2.45, 2.75) is 60.2 Å². The number of fused-ring (bicyclic) bond motifs is 1. The van der Waals surface area contributed by atoms with Crippen LogP contribution in [-0.2, 0) is 6.61 Å². The molecule has 0 spiro atoms. The number of allylic oxidation sites excluding steroid dienone is 3. The van der Waals surface area contributed by atoms with Gasteiger partial charge in [0.1, 0.15) is 19.0 Å². The minimum atomic E-state index is -0.319. The molecule has 2 aromatic carbocycles. The molecule has 1 aromatic heterocycles. The van der Waals surface area contributed by atoms with Crippen LogP contribution in [-0.4, -0.2) is 17.7 Å². The Balaban J connectivity index is 1.84. The molecule has 1 N–H and O–H groups in total. The van der Waals surface area contributed by atoms with E-state index in [1.165, 1.54) is 11.1 Å². The van der Waals surface area contributed by atoms with Crippen LogP contribution in [0, 0.1) is 0 Å². The number of hydrogen-bond donors (Lipinski definition) is 1. The summed E-state index contributed by atoms with van der Waals surface area (Å²) in [6.07, 6.45) is 6.11. The zero-order valence-corrected chi connectivity index (χ0v) is 20.8. The van der Waals surface area contributed by atoms with Crippen LogP contribution in [0.25, 0.3) is 10.9 Å². The summed E-state index contributed by atoms with van der Waals surface area (Å²) < 4.78 is 17.9. The molecule has 5 nitrogen and oxygen atoms in total. The molecule has 34 heavy (non-hydrogen) atoms. The molecular weight excluding hydrogens is 426 g/mol. The van der Waals surface area contributed by atoms with E-state index >= 15 is 0 Å². The van der Waals surface area contributed by atoms with Crippen molar-refractivity contribution in [3.63, 3.8) is 0 Å². The maximum absolute atomic E-state index is 12.9. The predicted molar refractivity (Wildman–Crippen MR) is 139 cm³/mol. The molecule has 0 aliphatic heterocycles. The molecule has 180 valence electrons. The van der Waals surface area contributed by atoms with E-state index in [1.807, 2.05) is 62.4 Å². The summed E-state index contributed by atoms with van der Waals surface area (Å²) >= 11 is 0. The molecule has 0 radical (unpaired) electrons. The van der Waals surface area contributed by atoms with Crippen molar-refractivity contribution in [1.82, 2.24) is 4.98 Å². The zero-order valence-electron chi connectivity index (χ0n) is 20.8. The van der Waals surface area contributed by atoms with Crippen LogP contribution in [0.1, 0.15) is 53.0 Å². The average molecular weight is 462 g/mol. The summed E-state index contributed by atoms with van der Waals surface area (Å²) in [5.74, 6) is 1.33. The average Bonchev–Trinajstić information content (AvgIpc) is 2.79. The largest absolute Gasteiger partial charge is 0.489 e. The predicted octanol–water partition coefficient (Wildman–Crippen LogP) is 6.97. The number of nitrogens with one attached hydrogen (secondary N) is 1. The van der Waals surface area contributed by atoms with Gasteiger partial charge in [0.2, 0.25) is 5.75 Å². The highest BCUT2D eigenvalue weighted by molar-refractivity contribution is 5.88. The number of rotatable bonds is 11. The van der Waals surface area contributed by atoms with E-state index in [0.29, 0.717) is 30.2 Å². The molecule has 0 fully saturated rings. The van der Waals surface area contributed by atoms with Gasteiger partial charge in [-0.25, -0.2) is 0 Å². The summed E-state index contributed by atoms with van der Waals surface area (Å²) in [5, 5.41) is 0.776. The first-order valence-corrected chi connectivity index (χ1v) is 11.8. The molecule has 1 heterocycles. The van der Waals surface area contributed by atoms with E-state index in [0.717, 1.165) is 23.8 Å². The van der Waals surface area contributed by atoms with Gasteiger partial charge in [0, 0.05) is 11.5 Å². The second-order valence-electron chi connectivity index (χ2n) is 8.94. The fraction of sp³-hybridized carbons (Fsp3) is 0.345. The van der Waals surface area contributed by atoms with Crippen LogP contribution >= 0.6 is 0 Å². The van der Waals surface area contributed by atoms with Crippen molar-refractivity contribution < 1.29 is 14.2 Å². The summed E-state index contributed by atoms with van der Waals surface area (Å²) in [6.45, 7) is 10.9. The number of aromatic amines is 1. The third kappa shape index (κ3) is 7.27. The van der Waals surface area contributed by atoms with Crippen molar-refractivity contribution in [2.75, 3.05) is 6.61 Å². The fourth-order valence-corrected chi connectivity index (χ4v) is 3.50. The topological polar surface area (TPSA) is 60.5 Å². The van der Waals surface area contributed by atoms with Crippen LogP contribution < -0.4 is 19.8 Å². The number of H-pyrrole nitrogens is 1. The maximum atomic E-state index is 12.9. The van der Waals surface area contributed by atoms with Crippen molar-refractivity contribution in [3.8, 4) is 17.2 Å². The SMILES string of the molecule is CC(C)=CCC/C(C)=C/COc1c(OC(C)C)c(=O)[nH]c2cc(OCc3ccccc3)ccc12. The van der Waals surface area contributed by atoms with Crippen LogP contribution in [0.2, 0.25) is 0 Å². The van der Waals surface area contributed by atoms with Gasteiger partial charge in [0.05, 0.1) is 11.6 Å². The van der Waals surface area contributed by atoms with E-state index < -0.39 is 0 Å². The Hall–Kier alpha value is -3.47. The lowest BCUT2D eigenvalue weighted by Gasteiger charge is -2.16. The highest BCUT2D eigenvalue weighted by atomic mass is 16.5. The molecule has 0 unspecified atom stereocenters. The van der Waals surface area contributed by atoms with Gasteiger partial charge in [0.25, 0.3) is 5.56 Å². The van der Waals surface area contributed by atoms with Crippen LogP contribution in [0.15, 0.2) is 76.6 Å². The number of ether oxygens (including phenoxy) is 3. The number of aromatic nitrogens is 1. The first-order valence-electron chi connectivity index (χ1n) is 11.8. The molecule has 3 rings (SSSR count). The molecule has 0 aliphatic rings. The van der Waals surface area contributed by atoms with Gasteiger partial charge < -0.3 is 19.2 Å². The van der Waals surface area contributed by atoms with E-state index in [2.05, 4.69) is 37.9 Å². The van der Waals surface area contributed by atoms with Gasteiger partial charge in [0.15, 0.2) is 5.75 Å². The molecule has 0 aliphatic carbocycles. The zero-order chi connectivity index (χ0) is 24.5. The van der Waals surface area contributed by atoms with Crippen LogP contribution in [0.5, 0.6) is 17.2 Å². The quantitative estimate of drug-likeness (QED) is 0.313. The Morgan fingerprint density at radius 1 is 0.971 bits per heavy atom. The Bertz CT molecular complexity index is 1200. The van der Waals surface area contributed by atoms with Gasteiger partial charge >= 0.3 is 0 Å². The molecule has 0 atom stereocenters. The minimum Gasteiger partial charge on any atom is -0.489 e. The van der Waals surface area contributed by atoms with E-state index in [-0.39, 0.29) is 17.4 Å². The fourth-order valence-electron chi connectivity index (χ4n) is 3.50. The number of benzene rings is 2. The summed E-state index contributed by atoms with van der Waals surface area (Å²) in [4.78, 5) is 15.8. The smallest absolute Gasteiger partial charge is 0.294 e. The van der Waals surface area contributed by atoms with E-state index in [9.17, 15) is 4.79 Å². The van der Waals surface area contributed by atoms with E-state index in [4.69, 9.17) is 14.2 Å². The molecular formula is C29H35NO4. The summed E-state index contributed by atoms with van der Waals surface area (Å²) in [7, 11) is 0. The standard InChI is InChI=1S/C29H35NO4/c1-20(2)10-9-11-22(5)16-17-32-27-25-15-14-24(33-19-23-12-7-6-8-13-23)18-26(25)30-29(31)28(27)34-21(3)4/h6-8,10,12-16,18,21H,9,11,17,19H2,1-5H3,(H,30,31)/b22-16+. The van der Waals surface area contributed by atoms with Gasteiger partial charge in [-0.2, -0.15) is 0 Å². The van der Waals surface area contributed by atoms with Gasteiger partial charge in [-0.3, -0.25) is 4.79 Å². The molecule has 5 heteroatoms. The van der Waals surface area contributed by atoms with Crippen molar-refractivity contribution in [3.05, 3.63) is 87.7 Å². The highest BCUT2D eigenvalue weighted by Crippen LogP contribution is 2.34. The number of pyridine rings is 1. The van der Waals surface area contributed by atoms with Crippen LogP contribution in [0.3, 0.4) is 0 Å². The van der Waals surface area contributed by atoms with Crippen molar-refractivity contribution in [1.29, 1.82) is 0 Å². The van der Waals surface area contributed by atoms with Gasteiger partial charge in [-0.15, -0.1) is 0 Å². The second-order valence-corrected chi connectivity index (χ2v) is 8.94. The molecule has 3 aromatic rings. The Morgan fingerprint density at radius 3 is 2.44 bits per heavy atom. The molecule has 0 saturated carbocycles. The Kier molecular flexibility index (Phi) is 8.97. The summed E-state index contributed by atoms with van der Waals surface area (Å²) in [6, 6.07) is 15.6. The lowest BCUT2D eigenvalue weighted by atomic mass is 10.1. The lowest BCUT2D eigenvalue weighted by Crippen LogP contribution is -2.18. The van der Waals surface area contributed by atoms with Crippen LogP contribution in [0.4, 0.5) is 0 Å². The Labute approximate surface area is 202 Å². The molecule has 0 saturated heterocycles.